The van der Waals surface area contributed by atoms with Crippen molar-refractivity contribution in [3.63, 3.8) is 0 Å². The van der Waals surface area contributed by atoms with Gasteiger partial charge < -0.3 is 10.5 Å². The molecule has 0 spiro atoms. The fraction of sp³-hybridized carbons (Fsp3) is 0.467. The Balaban J connectivity index is 2.28. The van der Waals surface area contributed by atoms with Crippen LogP contribution in [0.15, 0.2) is 23.1 Å². The van der Waals surface area contributed by atoms with Gasteiger partial charge in [-0.25, -0.2) is 18.1 Å². The lowest BCUT2D eigenvalue weighted by Crippen LogP contribution is -2.36. The lowest BCUT2D eigenvalue weighted by Gasteiger charge is -2.23. The quantitative estimate of drug-likeness (QED) is 0.889. The van der Waals surface area contributed by atoms with E-state index in [-0.39, 0.29) is 23.7 Å². The Bertz CT molecular complexity index is 750. The van der Waals surface area contributed by atoms with E-state index in [9.17, 15) is 18.0 Å². The number of ether oxygens (including phenoxy) is 1. The summed E-state index contributed by atoms with van der Waals surface area (Å²) >= 11 is 0. The van der Waals surface area contributed by atoms with E-state index >= 15 is 0 Å². The van der Waals surface area contributed by atoms with Gasteiger partial charge in [-0.1, -0.05) is 0 Å². The van der Waals surface area contributed by atoms with Gasteiger partial charge in [0.05, 0.1) is 17.2 Å². The molecule has 0 saturated carbocycles. The average Bonchev–Trinajstić information content (AvgIpc) is 2.74. The molecule has 1 aliphatic rings. The summed E-state index contributed by atoms with van der Waals surface area (Å²) < 4.78 is 29.3. The van der Waals surface area contributed by atoms with Gasteiger partial charge in [0.2, 0.25) is 0 Å². The molecule has 0 bridgehead atoms. The zero-order chi connectivity index (χ0) is 17.4. The number of carbonyl (C=O) groups is 2. The summed E-state index contributed by atoms with van der Waals surface area (Å²) in [5.74, 6) is -0.660. The van der Waals surface area contributed by atoms with Crippen molar-refractivity contribution in [3.05, 3.63) is 29.3 Å². The van der Waals surface area contributed by atoms with Crippen LogP contribution in [0.2, 0.25) is 0 Å². The lowest BCUT2D eigenvalue weighted by atomic mass is 10.1. The van der Waals surface area contributed by atoms with Gasteiger partial charge in [0, 0.05) is 12.1 Å². The molecule has 2 rings (SSSR count). The van der Waals surface area contributed by atoms with Crippen molar-refractivity contribution in [1.29, 1.82) is 0 Å². The van der Waals surface area contributed by atoms with Crippen LogP contribution in [0.3, 0.4) is 0 Å². The number of amides is 2. The molecule has 126 valence electrons. The summed E-state index contributed by atoms with van der Waals surface area (Å²) in [6.45, 7) is 5.12. The molecular formula is C15H20N2O5S. The van der Waals surface area contributed by atoms with Crippen LogP contribution >= 0.6 is 0 Å². The molecule has 1 aromatic carbocycles. The third-order valence-corrected chi connectivity index (χ3v) is 4.99. The Morgan fingerprint density at radius 2 is 2.00 bits per heavy atom. The molecule has 0 radical (unpaired) electrons. The van der Waals surface area contributed by atoms with Crippen molar-refractivity contribution in [3.8, 4) is 0 Å². The van der Waals surface area contributed by atoms with Gasteiger partial charge in [-0.3, -0.25) is 4.79 Å². The van der Waals surface area contributed by atoms with E-state index in [4.69, 9.17) is 10.5 Å². The summed E-state index contributed by atoms with van der Waals surface area (Å²) in [6.07, 6.45) is -0.745. The van der Waals surface area contributed by atoms with Crippen molar-refractivity contribution < 1.29 is 22.7 Å². The van der Waals surface area contributed by atoms with E-state index in [1.165, 1.54) is 18.2 Å². The minimum Gasteiger partial charge on any atom is -0.443 e. The zero-order valence-electron chi connectivity index (χ0n) is 13.3. The first kappa shape index (κ1) is 17.4. The van der Waals surface area contributed by atoms with Crippen LogP contribution in [0.4, 0.5) is 4.79 Å². The van der Waals surface area contributed by atoms with Crippen LogP contribution < -0.4 is 5.73 Å². The summed E-state index contributed by atoms with van der Waals surface area (Å²) in [5.41, 5.74) is 5.38. The fourth-order valence-corrected chi connectivity index (χ4v) is 3.37. The minimum atomic E-state index is -3.49. The highest BCUT2D eigenvalue weighted by Crippen LogP contribution is 2.27. The number of benzene rings is 1. The number of nitrogens with zero attached hydrogens (tertiary/aromatic N) is 1. The van der Waals surface area contributed by atoms with Crippen LogP contribution in [0.5, 0.6) is 0 Å². The van der Waals surface area contributed by atoms with E-state index in [2.05, 4.69) is 0 Å². The maximum Gasteiger partial charge on any atom is 0.417 e. The van der Waals surface area contributed by atoms with Crippen LogP contribution in [-0.2, 0) is 21.1 Å². The predicted molar refractivity (Wildman–Crippen MR) is 83.7 cm³/mol. The summed E-state index contributed by atoms with van der Waals surface area (Å²) in [4.78, 5) is 25.4. The molecule has 7 nitrogen and oxygen atoms in total. The molecular weight excluding hydrogens is 320 g/mol. The Morgan fingerprint density at radius 1 is 1.35 bits per heavy atom. The smallest absolute Gasteiger partial charge is 0.417 e. The highest BCUT2D eigenvalue weighted by molar-refractivity contribution is 7.91. The van der Waals surface area contributed by atoms with Crippen LogP contribution in [-0.4, -0.2) is 43.2 Å². The summed E-state index contributed by atoms with van der Waals surface area (Å²) in [7, 11) is -3.49. The second-order valence-electron chi connectivity index (χ2n) is 6.30. The molecule has 23 heavy (non-hydrogen) atoms. The number of hydrogen-bond acceptors (Lipinski definition) is 6. The molecule has 0 aliphatic carbocycles. The van der Waals surface area contributed by atoms with Gasteiger partial charge >= 0.3 is 6.09 Å². The van der Waals surface area contributed by atoms with Gasteiger partial charge in [0.15, 0.2) is 9.84 Å². The number of rotatable bonds is 3. The molecule has 0 unspecified atom stereocenters. The second kappa shape index (κ2) is 5.93. The highest BCUT2D eigenvalue weighted by Gasteiger charge is 2.35. The molecule has 0 saturated heterocycles. The Morgan fingerprint density at radius 3 is 2.57 bits per heavy atom. The highest BCUT2D eigenvalue weighted by atomic mass is 32.2. The molecule has 0 fully saturated rings. The van der Waals surface area contributed by atoms with Crippen LogP contribution in [0.1, 0.15) is 36.7 Å². The number of sulfone groups is 1. The van der Waals surface area contributed by atoms with Gasteiger partial charge in [-0.2, -0.15) is 0 Å². The Hall–Kier alpha value is -1.93. The molecule has 2 amide bonds. The molecule has 0 atom stereocenters. The SMILES string of the molecule is CC(C)(C)OC(=O)N1Cc2cc(S(=O)(=O)CCN)ccc2C1=O. The maximum atomic E-state index is 12.3. The van der Waals surface area contributed by atoms with Crippen molar-refractivity contribution in [1.82, 2.24) is 4.90 Å². The standard InChI is InChI=1S/C15H20N2O5S/c1-15(2,3)22-14(19)17-9-10-8-11(23(20,21)7-6-16)4-5-12(10)13(17)18/h4-5,8H,6-7,9,16H2,1-3H3. The lowest BCUT2D eigenvalue weighted by molar-refractivity contribution is 0.0248. The first-order chi connectivity index (χ1) is 10.5. The fourth-order valence-electron chi connectivity index (χ4n) is 2.23. The Kier molecular flexibility index (Phi) is 4.50. The molecule has 2 N–H and O–H groups in total. The molecule has 1 heterocycles. The number of imide groups is 1. The van der Waals surface area contributed by atoms with E-state index in [1.54, 1.807) is 20.8 Å². The first-order valence-corrected chi connectivity index (χ1v) is 8.81. The van der Waals surface area contributed by atoms with Crippen molar-refractivity contribution in [2.24, 2.45) is 5.73 Å². The zero-order valence-corrected chi connectivity index (χ0v) is 14.1. The van der Waals surface area contributed by atoms with E-state index < -0.39 is 27.4 Å². The molecule has 1 aliphatic heterocycles. The van der Waals surface area contributed by atoms with E-state index in [0.29, 0.717) is 11.1 Å². The van der Waals surface area contributed by atoms with Crippen molar-refractivity contribution in [2.45, 2.75) is 37.8 Å². The first-order valence-electron chi connectivity index (χ1n) is 7.16. The number of fused-ring (bicyclic) bond motifs is 1. The van der Waals surface area contributed by atoms with Crippen molar-refractivity contribution >= 4 is 21.8 Å². The minimum absolute atomic E-state index is 0.00490. The van der Waals surface area contributed by atoms with E-state index in [0.717, 1.165) is 4.90 Å². The molecule has 8 heteroatoms. The van der Waals surface area contributed by atoms with Crippen LogP contribution in [0.25, 0.3) is 0 Å². The third kappa shape index (κ3) is 3.70. The third-order valence-electron chi connectivity index (χ3n) is 3.24. The maximum absolute atomic E-state index is 12.3. The Labute approximate surface area is 135 Å². The predicted octanol–water partition coefficient (Wildman–Crippen LogP) is 1.31. The monoisotopic (exact) mass is 340 g/mol. The number of nitrogens with two attached hydrogens (primary N) is 1. The van der Waals surface area contributed by atoms with Crippen LogP contribution in [0, 0.1) is 0 Å². The molecule has 0 aromatic heterocycles. The summed E-state index contributed by atoms with van der Waals surface area (Å²) in [5, 5.41) is 0. The van der Waals surface area contributed by atoms with Gasteiger partial charge in [0.25, 0.3) is 5.91 Å². The van der Waals surface area contributed by atoms with Gasteiger partial charge in [-0.15, -0.1) is 0 Å². The molecule has 1 aromatic rings. The van der Waals surface area contributed by atoms with E-state index in [1.807, 2.05) is 0 Å². The van der Waals surface area contributed by atoms with Gasteiger partial charge in [0.1, 0.15) is 5.60 Å². The largest absolute Gasteiger partial charge is 0.443 e. The van der Waals surface area contributed by atoms with Crippen molar-refractivity contribution in [2.75, 3.05) is 12.3 Å². The summed E-state index contributed by atoms with van der Waals surface area (Å²) in [6, 6.07) is 4.20. The number of carbonyl (C=O) groups excluding carboxylic acids is 2. The average molecular weight is 340 g/mol. The number of hydrogen-bond donors (Lipinski definition) is 1. The second-order valence-corrected chi connectivity index (χ2v) is 8.41. The topological polar surface area (TPSA) is 107 Å². The normalized spacial score (nSPS) is 14.8. The van der Waals surface area contributed by atoms with Gasteiger partial charge in [-0.05, 0) is 44.5 Å².